The number of hydrogen-bond donors (Lipinski definition) is 0. The van der Waals surface area contributed by atoms with Crippen molar-refractivity contribution in [2.24, 2.45) is 0 Å². The van der Waals surface area contributed by atoms with E-state index < -0.39 is 17.6 Å². The largest absolute Gasteiger partial charge is 0.490 e. The van der Waals surface area contributed by atoms with Gasteiger partial charge in [-0.15, -0.1) is 0 Å². The first-order valence-electron chi connectivity index (χ1n) is 6.39. The van der Waals surface area contributed by atoms with Crippen LogP contribution in [0, 0.1) is 0 Å². The Balaban J connectivity index is 2.02. The second-order valence-electron chi connectivity index (χ2n) is 4.58. The summed E-state index contributed by atoms with van der Waals surface area (Å²) in [5.74, 6) is -0.284. The fraction of sp³-hybridized carbons (Fsp3) is 0.214. The molecule has 0 radical (unpaired) electrons. The SMILES string of the molecule is O=C(c1cnccn1)N1CCOc2ccc(C(F)(F)F)cc21. The van der Waals surface area contributed by atoms with Crippen molar-refractivity contribution in [3.8, 4) is 5.75 Å². The molecule has 1 aromatic heterocycles. The van der Waals surface area contributed by atoms with E-state index in [9.17, 15) is 18.0 Å². The number of halogens is 3. The molecule has 0 aliphatic carbocycles. The maximum absolute atomic E-state index is 12.8. The third kappa shape index (κ3) is 2.59. The topological polar surface area (TPSA) is 55.3 Å². The fourth-order valence-corrected chi connectivity index (χ4v) is 2.15. The predicted molar refractivity (Wildman–Crippen MR) is 70.6 cm³/mol. The predicted octanol–water partition coefficient (Wildman–Crippen LogP) is 2.53. The second kappa shape index (κ2) is 5.28. The first-order chi connectivity index (χ1) is 10.5. The van der Waals surface area contributed by atoms with Crippen LogP contribution in [-0.2, 0) is 6.18 Å². The lowest BCUT2D eigenvalue weighted by Gasteiger charge is -2.29. The van der Waals surface area contributed by atoms with Crippen LogP contribution in [0.4, 0.5) is 18.9 Å². The van der Waals surface area contributed by atoms with Gasteiger partial charge < -0.3 is 9.64 Å². The highest BCUT2D eigenvalue weighted by Crippen LogP contribution is 2.38. The van der Waals surface area contributed by atoms with E-state index in [-0.39, 0.29) is 30.3 Å². The summed E-state index contributed by atoms with van der Waals surface area (Å²) in [6, 6.07) is 3.05. The summed E-state index contributed by atoms with van der Waals surface area (Å²) in [6.45, 7) is 0.341. The van der Waals surface area contributed by atoms with Gasteiger partial charge in [-0.1, -0.05) is 0 Å². The lowest BCUT2D eigenvalue weighted by Crippen LogP contribution is -2.38. The molecule has 2 aromatic rings. The number of benzene rings is 1. The molecule has 0 saturated heterocycles. The second-order valence-corrected chi connectivity index (χ2v) is 4.58. The zero-order chi connectivity index (χ0) is 15.7. The van der Waals surface area contributed by atoms with Gasteiger partial charge in [-0.05, 0) is 18.2 Å². The van der Waals surface area contributed by atoms with E-state index in [1.807, 2.05) is 0 Å². The van der Waals surface area contributed by atoms with E-state index in [2.05, 4.69) is 9.97 Å². The molecule has 3 rings (SSSR count). The molecule has 0 saturated carbocycles. The first-order valence-corrected chi connectivity index (χ1v) is 6.39. The summed E-state index contributed by atoms with van der Waals surface area (Å²) in [5, 5.41) is 0. The summed E-state index contributed by atoms with van der Waals surface area (Å²) < 4.78 is 43.8. The van der Waals surface area contributed by atoms with Crippen molar-refractivity contribution < 1.29 is 22.7 Å². The Labute approximate surface area is 123 Å². The summed E-state index contributed by atoms with van der Waals surface area (Å²) in [6.07, 6.45) is -0.467. The molecular formula is C14H10F3N3O2. The average Bonchev–Trinajstić information content (AvgIpc) is 2.53. The van der Waals surface area contributed by atoms with Gasteiger partial charge in [0.25, 0.3) is 5.91 Å². The zero-order valence-corrected chi connectivity index (χ0v) is 11.2. The minimum Gasteiger partial charge on any atom is -0.490 e. The molecule has 8 heteroatoms. The number of nitrogens with zero attached hydrogens (tertiary/aromatic N) is 3. The van der Waals surface area contributed by atoms with E-state index in [4.69, 9.17) is 4.74 Å². The van der Waals surface area contributed by atoms with Gasteiger partial charge in [-0.3, -0.25) is 9.78 Å². The summed E-state index contributed by atoms with van der Waals surface area (Å²) >= 11 is 0. The lowest BCUT2D eigenvalue weighted by atomic mass is 10.1. The van der Waals surface area contributed by atoms with E-state index >= 15 is 0 Å². The van der Waals surface area contributed by atoms with Crippen molar-refractivity contribution in [3.63, 3.8) is 0 Å². The van der Waals surface area contributed by atoms with Crippen LogP contribution >= 0.6 is 0 Å². The van der Waals surface area contributed by atoms with E-state index in [0.717, 1.165) is 12.1 Å². The molecule has 1 amide bonds. The van der Waals surface area contributed by atoms with Crippen molar-refractivity contribution >= 4 is 11.6 Å². The molecule has 0 unspecified atom stereocenters. The van der Waals surface area contributed by atoms with E-state index in [0.29, 0.717) is 0 Å². The molecule has 1 aliphatic rings. The minimum absolute atomic E-state index is 0.0627. The molecule has 22 heavy (non-hydrogen) atoms. The van der Waals surface area contributed by atoms with Gasteiger partial charge in [0, 0.05) is 12.4 Å². The maximum atomic E-state index is 12.8. The lowest BCUT2D eigenvalue weighted by molar-refractivity contribution is -0.137. The number of ether oxygens (including phenoxy) is 1. The number of hydrogen-bond acceptors (Lipinski definition) is 4. The summed E-state index contributed by atoms with van der Waals surface area (Å²) in [5.41, 5.74) is -0.696. The van der Waals surface area contributed by atoms with Gasteiger partial charge in [0.15, 0.2) is 0 Å². The van der Waals surface area contributed by atoms with Crippen LogP contribution in [0.15, 0.2) is 36.8 Å². The van der Waals surface area contributed by atoms with Crippen LogP contribution in [-0.4, -0.2) is 29.0 Å². The van der Waals surface area contributed by atoms with Crippen LogP contribution in [0.2, 0.25) is 0 Å². The molecule has 0 spiro atoms. The number of fused-ring (bicyclic) bond motifs is 1. The van der Waals surface area contributed by atoms with Crippen LogP contribution in [0.3, 0.4) is 0 Å². The Morgan fingerprint density at radius 1 is 1.27 bits per heavy atom. The Bertz CT molecular complexity index is 704. The van der Waals surface area contributed by atoms with Gasteiger partial charge in [-0.2, -0.15) is 13.2 Å². The standard InChI is InChI=1S/C14H10F3N3O2/c15-14(16,17)9-1-2-12-11(7-9)20(5-6-22-12)13(21)10-8-18-3-4-19-10/h1-4,7-8H,5-6H2. The number of amides is 1. The van der Waals surface area contributed by atoms with Gasteiger partial charge in [0.2, 0.25) is 0 Å². The van der Waals surface area contributed by atoms with Crippen molar-refractivity contribution in [3.05, 3.63) is 48.0 Å². The molecule has 5 nitrogen and oxygen atoms in total. The maximum Gasteiger partial charge on any atom is 0.416 e. The van der Waals surface area contributed by atoms with Gasteiger partial charge in [0.1, 0.15) is 18.1 Å². The number of anilines is 1. The van der Waals surface area contributed by atoms with Crippen LogP contribution in [0.25, 0.3) is 0 Å². The smallest absolute Gasteiger partial charge is 0.416 e. The molecule has 2 heterocycles. The highest BCUT2D eigenvalue weighted by Gasteiger charge is 2.34. The van der Waals surface area contributed by atoms with Crippen LogP contribution in [0.1, 0.15) is 16.1 Å². The Morgan fingerprint density at radius 3 is 2.77 bits per heavy atom. The number of alkyl halides is 3. The summed E-state index contributed by atoms with van der Waals surface area (Å²) in [4.78, 5) is 21.3. The van der Waals surface area contributed by atoms with Gasteiger partial charge in [0.05, 0.1) is 24.0 Å². The number of rotatable bonds is 1. The van der Waals surface area contributed by atoms with Crippen LogP contribution < -0.4 is 9.64 Å². The third-order valence-corrected chi connectivity index (χ3v) is 3.18. The molecule has 1 aliphatic heterocycles. The Hall–Kier alpha value is -2.64. The number of carbonyl (C=O) groups excluding carboxylic acids is 1. The van der Waals surface area contributed by atoms with Crippen molar-refractivity contribution in [1.82, 2.24) is 9.97 Å². The molecule has 0 atom stereocenters. The van der Waals surface area contributed by atoms with E-state index in [1.165, 1.54) is 29.6 Å². The minimum atomic E-state index is -4.49. The number of carbonyl (C=O) groups is 1. The fourth-order valence-electron chi connectivity index (χ4n) is 2.15. The van der Waals surface area contributed by atoms with Gasteiger partial charge in [-0.25, -0.2) is 4.98 Å². The molecule has 0 N–H and O–H groups in total. The normalized spacial score (nSPS) is 14.2. The summed E-state index contributed by atoms with van der Waals surface area (Å²) in [7, 11) is 0. The van der Waals surface area contributed by atoms with Gasteiger partial charge >= 0.3 is 6.18 Å². The Kier molecular flexibility index (Phi) is 3.44. The van der Waals surface area contributed by atoms with Crippen molar-refractivity contribution in [2.75, 3.05) is 18.1 Å². The first kappa shape index (κ1) is 14.3. The van der Waals surface area contributed by atoms with Crippen molar-refractivity contribution in [1.29, 1.82) is 0 Å². The molecule has 0 fully saturated rings. The Morgan fingerprint density at radius 2 is 2.09 bits per heavy atom. The van der Waals surface area contributed by atoms with Crippen LogP contribution in [0.5, 0.6) is 5.75 Å². The van der Waals surface area contributed by atoms with E-state index in [1.54, 1.807) is 0 Å². The molecular weight excluding hydrogens is 299 g/mol. The molecule has 1 aromatic carbocycles. The third-order valence-electron chi connectivity index (χ3n) is 3.18. The quantitative estimate of drug-likeness (QED) is 0.812. The number of aromatic nitrogens is 2. The average molecular weight is 309 g/mol. The molecule has 114 valence electrons. The highest BCUT2D eigenvalue weighted by atomic mass is 19.4. The molecule has 0 bridgehead atoms. The monoisotopic (exact) mass is 309 g/mol. The van der Waals surface area contributed by atoms with Crippen molar-refractivity contribution in [2.45, 2.75) is 6.18 Å². The zero-order valence-electron chi connectivity index (χ0n) is 11.2. The highest BCUT2D eigenvalue weighted by molar-refractivity contribution is 6.05.